The second kappa shape index (κ2) is 10.7. The fourth-order valence-electron chi connectivity index (χ4n) is 3.82. The van der Waals surface area contributed by atoms with Crippen molar-refractivity contribution in [2.45, 2.75) is 58.2 Å². The van der Waals surface area contributed by atoms with E-state index in [1.807, 2.05) is 41.3 Å². The number of anilines is 2. The van der Waals surface area contributed by atoms with E-state index in [1.165, 1.54) is 5.56 Å². The molecular weight excluding hydrogens is 392 g/mol. The van der Waals surface area contributed by atoms with E-state index in [2.05, 4.69) is 38.2 Å². The van der Waals surface area contributed by atoms with Crippen LogP contribution in [0.3, 0.4) is 0 Å². The van der Waals surface area contributed by atoms with Crippen LogP contribution in [0.5, 0.6) is 0 Å². The molecule has 3 rings (SSSR count). The zero-order valence-electron chi connectivity index (χ0n) is 18.2. The highest BCUT2D eigenvalue weighted by atomic mass is 32.2. The third-order valence-corrected chi connectivity index (χ3v) is 6.91. The molecule has 0 aromatic heterocycles. The summed E-state index contributed by atoms with van der Waals surface area (Å²) in [5.41, 5.74) is 4.06. The first kappa shape index (κ1) is 22.4. The van der Waals surface area contributed by atoms with Crippen molar-refractivity contribution in [1.82, 2.24) is 0 Å². The first-order valence-electron chi connectivity index (χ1n) is 11.0. The third kappa shape index (κ3) is 5.25. The van der Waals surface area contributed by atoms with Gasteiger partial charge in [-0.3, -0.25) is 14.5 Å². The van der Waals surface area contributed by atoms with Crippen LogP contribution >= 0.6 is 11.8 Å². The number of nitrogens with one attached hydrogen (secondary N) is 1. The molecule has 1 aliphatic rings. The second-order valence-corrected chi connectivity index (χ2v) is 8.88. The number of thioether (sulfide) groups is 1. The van der Waals surface area contributed by atoms with E-state index in [-0.39, 0.29) is 23.1 Å². The van der Waals surface area contributed by atoms with Crippen LogP contribution in [0.25, 0.3) is 0 Å². The summed E-state index contributed by atoms with van der Waals surface area (Å²) in [7, 11) is 0. The van der Waals surface area contributed by atoms with Gasteiger partial charge in [0.2, 0.25) is 11.8 Å². The molecule has 2 aromatic carbocycles. The van der Waals surface area contributed by atoms with Crippen LogP contribution in [0.1, 0.15) is 63.0 Å². The van der Waals surface area contributed by atoms with E-state index in [0.717, 1.165) is 49.0 Å². The molecule has 1 saturated heterocycles. The van der Waals surface area contributed by atoms with Gasteiger partial charge in [-0.15, -0.1) is 11.8 Å². The van der Waals surface area contributed by atoms with Crippen LogP contribution in [0, 0.1) is 5.92 Å². The summed E-state index contributed by atoms with van der Waals surface area (Å²) in [6.45, 7) is 6.34. The van der Waals surface area contributed by atoms with Crippen LogP contribution in [0.2, 0.25) is 0 Å². The summed E-state index contributed by atoms with van der Waals surface area (Å²) in [4.78, 5) is 27.1. The monoisotopic (exact) mass is 424 g/mol. The predicted octanol–water partition coefficient (Wildman–Crippen LogP) is 6.18. The zero-order valence-corrected chi connectivity index (χ0v) is 19.0. The van der Waals surface area contributed by atoms with E-state index in [0.29, 0.717) is 5.75 Å². The van der Waals surface area contributed by atoms with Gasteiger partial charge in [0.1, 0.15) is 5.37 Å². The van der Waals surface area contributed by atoms with Gasteiger partial charge in [0.05, 0.1) is 5.75 Å². The van der Waals surface area contributed by atoms with Gasteiger partial charge in [-0.05, 0) is 54.7 Å². The molecule has 0 bridgehead atoms. The number of nitrogens with zero attached hydrogens (tertiary/aromatic N) is 1. The molecule has 0 unspecified atom stereocenters. The molecule has 0 aliphatic carbocycles. The van der Waals surface area contributed by atoms with Crippen LogP contribution in [-0.2, 0) is 16.0 Å². The summed E-state index contributed by atoms with van der Waals surface area (Å²) in [6.07, 6.45) is 4.92. The number of unbranched alkanes of at least 4 members (excludes halogenated alkanes) is 1. The smallest absolute Gasteiger partial charge is 0.238 e. The summed E-state index contributed by atoms with van der Waals surface area (Å²) < 4.78 is 0. The SMILES string of the molecule is CCCC[C@H](CC)C(=O)Nc1ccc([C@@H]2SCC(=O)N2c2cccc(CC)c2)cc1. The molecule has 0 spiro atoms. The Hall–Kier alpha value is -2.27. The maximum atomic E-state index is 12.6. The zero-order chi connectivity index (χ0) is 21.5. The van der Waals surface area contributed by atoms with Gasteiger partial charge < -0.3 is 5.32 Å². The van der Waals surface area contributed by atoms with E-state index in [1.54, 1.807) is 11.8 Å². The first-order chi connectivity index (χ1) is 14.6. The Bertz CT molecular complexity index is 866. The van der Waals surface area contributed by atoms with Gasteiger partial charge in [-0.1, -0.05) is 57.9 Å². The molecule has 2 amide bonds. The Balaban J connectivity index is 1.73. The molecule has 2 aromatic rings. The molecule has 1 aliphatic heterocycles. The number of amides is 2. The first-order valence-corrected chi connectivity index (χ1v) is 12.1. The number of aryl methyl sites for hydroxylation is 1. The van der Waals surface area contributed by atoms with E-state index in [4.69, 9.17) is 0 Å². The third-order valence-electron chi connectivity index (χ3n) is 5.70. The molecule has 30 heavy (non-hydrogen) atoms. The molecule has 1 fully saturated rings. The van der Waals surface area contributed by atoms with Crippen molar-refractivity contribution in [1.29, 1.82) is 0 Å². The normalized spacial score (nSPS) is 17.2. The van der Waals surface area contributed by atoms with Crippen LogP contribution in [0.4, 0.5) is 11.4 Å². The highest BCUT2D eigenvalue weighted by molar-refractivity contribution is 8.00. The Morgan fingerprint density at radius 1 is 1.17 bits per heavy atom. The van der Waals surface area contributed by atoms with Crippen molar-refractivity contribution >= 4 is 35.0 Å². The van der Waals surface area contributed by atoms with Gasteiger partial charge in [0.15, 0.2) is 0 Å². The van der Waals surface area contributed by atoms with Gasteiger partial charge >= 0.3 is 0 Å². The van der Waals surface area contributed by atoms with Crippen molar-refractivity contribution < 1.29 is 9.59 Å². The minimum absolute atomic E-state index is 0.0395. The van der Waals surface area contributed by atoms with Gasteiger partial charge in [-0.25, -0.2) is 0 Å². The second-order valence-electron chi connectivity index (χ2n) is 7.81. The lowest BCUT2D eigenvalue weighted by Gasteiger charge is -2.25. The molecular formula is C25H32N2O2S. The Kier molecular flexibility index (Phi) is 7.97. The van der Waals surface area contributed by atoms with Gasteiger partial charge in [0, 0.05) is 17.3 Å². The standard InChI is InChI=1S/C25H32N2O2S/c1-4-7-10-19(6-3)24(29)26-21-14-12-20(13-15-21)25-27(23(28)17-30-25)22-11-8-9-18(5-2)16-22/h8-9,11-16,19,25H,4-7,10,17H2,1-3H3,(H,26,29)/t19-,25-/m0/s1. The number of rotatable bonds is 9. The predicted molar refractivity (Wildman–Crippen MR) is 127 cm³/mol. The number of carbonyl (C=O) groups is 2. The molecule has 2 atom stereocenters. The highest BCUT2D eigenvalue weighted by Crippen LogP contribution is 2.42. The van der Waals surface area contributed by atoms with Crippen molar-refractivity contribution in [2.75, 3.05) is 16.0 Å². The Morgan fingerprint density at radius 3 is 2.60 bits per heavy atom. The Labute approximate surface area is 184 Å². The van der Waals surface area contributed by atoms with Crippen molar-refractivity contribution in [3.63, 3.8) is 0 Å². The number of carbonyl (C=O) groups excluding carboxylic acids is 2. The minimum Gasteiger partial charge on any atom is -0.326 e. The fraction of sp³-hybridized carbons (Fsp3) is 0.440. The van der Waals surface area contributed by atoms with Gasteiger partial charge in [0.25, 0.3) is 0 Å². The molecule has 0 radical (unpaired) electrons. The lowest BCUT2D eigenvalue weighted by Crippen LogP contribution is -2.28. The van der Waals surface area contributed by atoms with Crippen molar-refractivity contribution in [3.8, 4) is 0 Å². The molecule has 0 saturated carbocycles. The average molecular weight is 425 g/mol. The lowest BCUT2D eigenvalue weighted by atomic mass is 9.98. The van der Waals surface area contributed by atoms with Crippen molar-refractivity contribution in [3.05, 3.63) is 59.7 Å². The average Bonchev–Trinajstić information content (AvgIpc) is 3.16. The van der Waals surface area contributed by atoms with Crippen LogP contribution in [-0.4, -0.2) is 17.6 Å². The maximum absolute atomic E-state index is 12.6. The van der Waals surface area contributed by atoms with Gasteiger partial charge in [-0.2, -0.15) is 0 Å². The highest BCUT2D eigenvalue weighted by Gasteiger charge is 2.34. The molecule has 5 heteroatoms. The summed E-state index contributed by atoms with van der Waals surface area (Å²) in [5.74, 6) is 0.781. The number of hydrogen-bond acceptors (Lipinski definition) is 3. The van der Waals surface area contributed by atoms with Crippen LogP contribution < -0.4 is 10.2 Å². The quantitative estimate of drug-likeness (QED) is 0.523. The summed E-state index contributed by atoms with van der Waals surface area (Å²) in [5, 5.41) is 3.02. The summed E-state index contributed by atoms with van der Waals surface area (Å²) in [6, 6.07) is 16.2. The molecule has 1 heterocycles. The summed E-state index contributed by atoms with van der Waals surface area (Å²) >= 11 is 1.65. The van der Waals surface area contributed by atoms with Crippen LogP contribution in [0.15, 0.2) is 48.5 Å². The maximum Gasteiger partial charge on any atom is 0.238 e. The Morgan fingerprint density at radius 2 is 1.93 bits per heavy atom. The topological polar surface area (TPSA) is 49.4 Å². The molecule has 1 N–H and O–H groups in total. The van der Waals surface area contributed by atoms with Crippen molar-refractivity contribution in [2.24, 2.45) is 5.92 Å². The fourth-order valence-corrected chi connectivity index (χ4v) is 5.00. The number of benzene rings is 2. The van der Waals surface area contributed by atoms with E-state index in [9.17, 15) is 9.59 Å². The lowest BCUT2D eigenvalue weighted by molar-refractivity contribution is -0.120. The minimum atomic E-state index is -0.0395. The number of hydrogen-bond donors (Lipinski definition) is 1. The van der Waals surface area contributed by atoms with E-state index < -0.39 is 0 Å². The molecule has 4 nitrogen and oxygen atoms in total. The molecule has 160 valence electrons. The largest absolute Gasteiger partial charge is 0.326 e. The van der Waals surface area contributed by atoms with E-state index >= 15 is 0 Å².